The van der Waals surface area contributed by atoms with Gasteiger partial charge in [0.2, 0.25) is 0 Å². The second-order valence-electron chi connectivity index (χ2n) is 2.95. The SMILES string of the molecule is Cc1sc2c(S)cccc2c1CO. The number of fused-ring (bicyclic) bond motifs is 1. The van der Waals surface area contributed by atoms with Crippen LogP contribution in [0, 0.1) is 6.92 Å². The van der Waals surface area contributed by atoms with Crippen molar-refractivity contribution in [1.82, 2.24) is 0 Å². The van der Waals surface area contributed by atoms with Crippen molar-refractivity contribution in [3.8, 4) is 0 Å². The largest absolute Gasteiger partial charge is 0.392 e. The smallest absolute Gasteiger partial charge is 0.0698 e. The van der Waals surface area contributed by atoms with E-state index >= 15 is 0 Å². The molecule has 0 atom stereocenters. The van der Waals surface area contributed by atoms with E-state index in [9.17, 15) is 5.11 Å². The van der Waals surface area contributed by atoms with Crippen molar-refractivity contribution in [2.45, 2.75) is 18.4 Å². The fourth-order valence-corrected chi connectivity index (χ4v) is 2.89. The van der Waals surface area contributed by atoms with Crippen LogP contribution in [0.1, 0.15) is 10.4 Å². The van der Waals surface area contributed by atoms with Crippen molar-refractivity contribution in [3.63, 3.8) is 0 Å². The zero-order valence-corrected chi connectivity index (χ0v) is 8.95. The Labute approximate surface area is 86.4 Å². The first-order valence-electron chi connectivity index (χ1n) is 4.05. The number of rotatable bonds is 1. The monoisotopic (exact) mass is 210 g/mol. The van der Waals surface area contributed by atoms with Crippen molar-refractivity contribution in [3.05, 3.63) is 28.6 Å². The highest BCUT2D eigenvalue weighted by atomic mass is 32.1. The molecule has 2 rings (SSSR count). The molecule has 0 bridgehead atoms. The first-order chi connectivity index (χ1) is 6.24. The molecule has 3 heteroatoms. The van der Waals surface area contributed by atoms with Crippen molar-refractivity contribution in [1.29, 1.82) is 0 Å². The molecule has 1 aromatic heterocycles. The molecular weight excluding hydrogens is 200 g/mol. The summed E-state index contributed by atoms with van der Waals surface area (Å²) in [6.45, 7) is 2.15. The molecule has 0 aliphatic carbocycles. The Morgan fingerprint density at radius 3 is 2.92 bits per heavy atom. The maximum atomic E-state index is 9.18. The van der Waals surface area contributed by atoms with Gasteiger partial charge in [0.15, 0.2) is 0 Å². The van der Waals surface area contributed by atoms with Gasteiger partial charge < -0.3 is 5.11 Å². The van der Waals surface area contributed by atoms with Gasteiger partial charge >= 0.3 is 0 Å². The molecule has 2 aromatic rings. The third kappa shape index (κ3) is 1.37. The fraction of sp³-hybridized carbons (Fsp3) is 0.200. The molecule has 68 valence electrons. The van der Waals surface area contributed by atoms with Crippen LogP contribution in [0.25, 0.3) is 10.1 Å². The van der Waals surface area contributed by atoms with Crippen molar-refractivity contribution >= 4 is 34.1 Å². The molecule has 0 radical (unpaired) electrons. The van der Waals surface area contributed by atoms with Crippen LogP contribution < -0.4 is 0 Å². The number of benzene rings is 1. The van der Waals surface area contributed by atoms with E-state index in [1.807, 2.05) is 25.1 Å². The van der Waals surface area contributed by atoms with E-state index in [4.69, 9.17) is 0 Å². The highest BCUT2D eigenvalue weighted by molar-refractivity contribution is 7.80. The van der Waals surface area contributed by atoms with Crippen molar-refractivity contribution in [2.24, 2.45) is 0 Å². The average molecular weight is 210 g/mol. The van der Waals surface area contributed by atoms with Crippen molar-refractivity contribution < 1.29 is 5.11 Å². The summed E-state index contributed by atoms with van der Waals surface area (Å²) in [5.74, 6) is 0. The van der Waals surface area contributed by atoms with E-state index in [2.05, 4.69) is 12.6 Å². The third-order valence-electron chi connectivity index (χ3n) is 2.16. The first-order valence-corrected chi connectivity index (χ1v) is 5.31. The first kappa shape index (κ1) is 9.06. The number of aliphatic hydroxyl groups excluding tert-OH is 1. The Morgan fingerprint density at radius 1 is 1.46 bits per heavy atom. The number of hydrogen-bond donors (Lipinski definition) is 2. The molecule has 1 nitrogen and oxygen atoms in total. The lowest BCUT2D eigenvalue weighted by molar-refractivity contribution is 0.283. The Hall–Kier alpha value is -0.510. The van der Waals surface area contributed by atoms with Crippen molar-refractivity contribution in [2.75, 3.05) is 0 Å². The highest BCUT2D eigenvalue weighted by Crippen LogP contribution is 2.34. The van der Waals surface area contributed by atoms with E-state index in [-0.39, 0.29) is 6.61 Å². The summed E-state index contributed by atoms with van der Waals surface area (Å²) in [7, 11) is 0. The minimum Gasteiger partial charge on any atom is -0.392 e. The Kier molecular flexibility index (Phi) is 2.32. The van der Waals surface area contributed by atoms with Gasteiger partial charge in [-0.05, 0) is 23.9 Å². The standard InChI is InChI=1S/C10H10OS2/c1-6-8(5-11)7-3-2-4-9(12)10(7)13-6/h2-4,11-12H,5H2,1H3. The number of aryl methyl sites for hydroxylation is 1. The van der Waals surface area contributed by atoms with Gasteiger partial charge in [0.25, 0.3) is 0 Å². The molecule has 0 aliphatic heterocycles. The predicted octanol–water partition coefficient (Wildman–Crippen LogP) is 2.99. The lowest BCUT2D eigenvalue weighted by Gasteiger charge is -1.95. The molecule has 0 amide bonds. The van der Waals surface area contributed by atoms with E-state index < -0.39 is 0 Å². The van der Waals surface area contributed by atoms with Crippen LogP contribution in [-0.4, -0.2) is 5.11 Å². The number of thiophene rings is 1. The fourth-order valence-electron chi connectivity index (χ4n) is 1.47. The zero-order valence-electron chi connectivity index (χ0n) is 7.24. The molecular formula is C10H10OS2. The van der Waals surface area contributed by atoms with Crippen LogP contribution in [0.4, 0.5) is 0 Å². The van der Waals surface area contributed by atoms with Gasteiger partial charge in [0.1, 0.15) is 0 Å². The summed E-state index contributed by atoms with van der Waals surface area (Å²) < 4.78 is 1.17. The van der Waals surface area contributed by atoms with Gasteiger partial charge in [0, 0.05) is 14.5 Å². The molecule has 0 saturated carbocycles. The second kappa shape index (κ2) is 3.33. The van der Waals surface area contributed by atoms with E-state index in [1.54, 1.807) is 11.3 Å². The zero-order chi connectivity index (χ0) is 9.42. The quantitative estimate of drug-likeness (QED) is 0.693. The summed E-state index contributed by atoms with van der Waals surface area (Å²) in [5, 5.41) is 10.3. The Bertz CT molecular complexity index is 445. The number of hydrogen-bond acceptors (Lipinski definition) is 3. The van der Waals surface area contributed by atoms with E-state index in [1.165, 1.54) is 9.58 Å². The average Bonchev–Trinajstić information content (AvgIpc) is 2.43. The van der Waals surface area contributed by atoms with Crippen LogP contribution in [0.3, 0.4) is 0 Å². The molecule has 0 saturated heterocycles. The molecule has 0 fully saturated rings. The minimum atomic E-state index is 0.114. The molecule has 1 aromatic carbocycles. The van der Waals surface area contributed by atoms with Gasteiger partial charge in [-0.25, -0.2) is 0 Å². The topological polar surface area (TPSA) is 20.2 Å². The maximum Gasteiger partial charge on any atom is 0.0698 e. The second-order valence-corrected chi connectivity index (χ2v) is 4.66. The van der Waals surface area contributed by atoms with Gasteiger partial charge in [-0.2, -0.15) is 0 Å². The highest BCUT2D eigenvalue weighted by Gasteiger charge is 2.08. The Morgan fingerprint density at radius 2 is 2.23 bits per heavy atom. The van der Waals surface area contributed by atoms with Crippen LogP contribution in [-0.2, 0) is 6.61 Å². The Balaban J connectivity index is 2.86. The summed E-state index contributed by atoms with van der Waals surface area (Å²) in [5.41, 5.74) is 1.04. The van der Waals surface area contributed by atoms with Gasteiger partial charge in [0.05, 0.1) is 6.61 Å². The van der Waals surface area contributed by atoms with Crippen LogP contribution >= 0.6 is 24.0 Å². The lowest BCUT2D eigenvalue weighted by atomic mass is 10.1. The van der Waals surface area contributed by atoms with E-state index in [0.29, 0.717) is 0 Å². The predicted molar refractivity (Wildman–Crippen MR) is 59.7 cm³/mol. The lowest BCUT2D eigenvalue weighted by Crippen LogP contribution is -1.81. The summed E-state index contributed by atoms with van der Waals surface area (Å²) in [6, 6.07) is 5.97. The minimum absolute atomic E-state index is 0.114. The van der Waals surface area contributed by atoms with Gasteiger partial charge in [-0.1, -0.05) is 12.1 Å². The number of aliphatic hydroxyl groups is 1. The third-order valence-corrected chi connectivity index (χ3v) is 3.88. The molecule has 0 spiro atoms. The van der Waals surface area contributed by atoms with Crippen LogP contribution in [0.5, 0.6) is 0 Å². The maximum absolute atomic E-state index is 9.18. The number of thiol groups is 1. The van der Waals surface area contributed by atoms with Crippen LogP contribution in [0.2, 0.25) is 0 Å². The molecule has 0 aliphatic rings. The van der Waals surface area contributed by atoms with E-state index in [0.717, 1.165) is 15.8 Å². The molecule has 13 heavy (non-hydrogen) atoms. The molecule has 1 N–H and O–H groups in total. The van der Waals surface area contributed by atoms with Crippen LogP contribution in [0.15, 0.2) is 23.1 Å². The molecule has 1 heterocycles. The van der Waals surface area contributed by atoms with Gasteiger partial charge in [-0.3, -0.25) is 0 Å². The normalized spacial score (nSPS) is 11.0. The summed E-state index contributed by atoms with van der Waals surface area (Å²) in [4.78, 5) is 2.17. The summed E-state index contributed by atoms with van der Waals surface area (Å²) in [6.07, 6.45) is 0. The molecule has 0 unspecified atom stereocenters. The van der Waals surface area contributed by atoms with Gasteiger partial charge in [-0.15, -0.1) is 24.0 Å². The summed E-state index contributed by atoms with van der Waals surface area (Å²) >= 11 is 6.07.